The summed E-state index contributed by atoms with van der Waals surface area (Å²) >= 11 is 1.19. The molecule has 172 valence electrons. The van der Waals surface area contributed by atoms with Gasteiger partial charge < -0.3 is 34.1 Å². The first-order valence-electron chi connectivity index (χ1n) is 9.34. The molecule has 1 saturated heterocycles. The van der Waals surface area contributed by atoms with Gasteiger partial charge in [-0.1, -0.05) is 0 Å². The zero-order chi connectivity index (χ0) is 23.3. The number of hydrogen-bond donors (Lipinski definition) is 1. The van der Waals surface area contributed by atoms with Crippen molar-refractivity contribution in [3.8, 4) is 0 Å². The summed E-state index contributed by atoms with van der Waals surface area (Å²) in [6, 6.07) is -2.01. The zero-order valence-electron chi connectivity index (χ0n) is 17.7. The second-order valence-corrected chi connectivity index (χ2v) is 8.11. The molecule has 0 bridgehead atoms. The van der Waals surface area contributed by atoms with Gasteiger partial charge in [0.1, 0.15) is 18.0 Å². The Morgan fingerprint density at radius 2 is 1.90 bits per heavy atom. The van der Waals surface area contributed by atoms with Crippen LogP contribution < -0.4 is 5.32 Å². The average molecular weight is 459 g/mol. The molecule has 2 aliphatic rings. The molecule has 0 aromatic carbocycles. The zero-order valence-corrected chi connectivity index (χ0v) is 18.5. The third-order valence-electron chi connectivity index (χ3n) is 4.14. The van der Waals surface area contributed by atoms with E-state index in [1.165, 1.54) is 42.6 Å². The van der Waals surface area contributed by atoms with Crippen molar-refractivity contribution in [1.29, 1.82) is 0 Å². The highest BCUT2D eigenvalue weighted by Gasteiger charge is 2.56. The largest absolute Gasteiger partial charge is 0.511 e. The van der Waals surface area contributed by atoms with E-state index in [4.69, 9.17) is 18.9 Å². The Bertz CT molecular complexity index is 770. The Morgan fingerprint density at radius 3 is 2.48 bits per heavy atom. The number of thioether (sulfide) groups is 1. The summed E-state index contributed by atoms with van der Waals surface area (Å²) in [5, 5.41) is 3.45. The Morgan fingerprint density at radius 1 is 1.23 bits per heavy atom. The highest BCUT2D eigenvalue weighted by atomic mass is 32.2. The van der Waals surface area contributed by atoms with Crippen LogP contribution in [0.2, 0.25) is 0 Å². The van der Waals surface area contributed by atoms with Gasteiger partial charge in [0.15, 0.2) is 6.04 Å². The van der Waals surface area contributed by atoms with E-state index in [9.17, 15) is 24.0 Å². The molecular formula is C18H25N3O9S. The van der Waals surface area contributed by atoms with Gasteiger partial charge in [0.05, 0.1) is 6.10 Å². The average Bonchev–Trinajstić information content (AvgIpc) is 2.68. The standard InChI is InChI=1S/C18H25N3O9S/c1-9(2)28-18(26)30-10(3)29-16(24)13-11(6-27-17(25)20(4)5)7-31-15-12(19-8-22)14(23)21(13)15/h7-10,12-13,15H,6H2,1-5H3,(H,19,22)/t10?,12-,13?,15-/m1/s1. The molecule has 0 aliphatic carbocycles. The second kappa shape index (κ2) is 10.4. The maximum Gasteiger partial charge on any atom is 0.511 e. The minimum Gasteiger partial charge on any atom is -0.445 e. The molecule has 12 nitrogen and oxygen atoms in total. The van der Waals surface area contributed by atoms with E-state index >= 15 is 0 Å². The normalized spacial score (nSPS) is 22.9. The van der Waals surface area contributed by atoms with Crippen LogP contribution in [0.1, 0.15) is 20.8 Å². The molecule has 1 N–H and O–H groups in total. The van der Waals surface area contributed by atoms with Crippen LogP contribution in [0.4, 0.5) is 9.59 Å². The fourth-order valence-electron chi connectivity index (χ4n) is 2.79. The maximum absolute atomic E-state index is 12.9. The van der Waals surface area contributed by atoms with Gasteiger partial charge in [-0.05, 0) is 19.3 Å². The topological polar surface area (TPSA) is 141 Å². The number of rotatable bonds is 8. The van der Waals surface area contributed by atoms with E-state index in [1.54, 1.807) is 19.3 Å². The van der Waals surface area contributed by atoms with Crippen molar-refractivity contribution >= 4 is 42.3 Å². The van der Waals surface area contributed by atoms with Crippen LogP contribution in [-0.2, 0) is 33.3 Å². The van der Waals surface area contributed by atoms with Gasteiger partial charge in [-0.15, -0.1) is 11.8 Å². The summed E-state index contributed by atoms with van der Waals surface area (Å²) in [4.78, 5) is 61.9. The first-order chi connectivity index (χ1) is 14.6. The van der Waals surface area contributed by atoms with E-state index < -0.39 is 54.0 Å². The number of ether oxygens (including phenoxy) is 4. The molecule has 0 aromatic rings. The van der Waals surface area contributed by atoms with Crippen molar-refractivity contribution < 1.29 is 42.9 Å². The highest BCUT2D eigenvalue weighted by molar-refractivity contribution is 8.02. The number of nitrogens with zero attached hydrogens (tertiary/aromatic N) is 2. The number of nitrogens with one attached hydrogen (secondary N) is 1. The van der Waals surface area contributed by atoms with Gasteiger partial charge in [-0.25, -0.2) is 14.4 Å². The van der Waals surface area contributed by atoms with Crippen LogP contribution in [0.3, 0.4) is 0 Å². The SMILES string of the molecule is CC(C)OC(=O)OC(C)OC(=O)C1C(COC(=O)N(C)C)=CS[C@@H]2[C@H](NC=O)C(=O)N12. The predicted molar refractivity (Wildman–Crippen MR) is 106 cm³/mol. The van der Waals surface area contributed by atoms with Crippen LogP contribution >= 0.6 is 11.8 Å². The number of hydrogen-bond acceptors (Lipinski definition) is 10. The van der Waals surface area contributed by atoms with E-state index in [0.29, 0.717) is 12.0 Å². The van der Waals surface area contributed by atoms with Crippen LogP contribution in [-0.4, -0.2) is 90.9 Å². The highest BCUT2D eigenvalue weighted by Crippen LogP contribution is 2.40. The van der Waals surface area contributed by atoms with Gasteiger partial charge in [-0.2, -0.15) is 0 Å². The molecule has 0 saturated carbocycles. The first-order valence-corrected chi connectivity index (χ1v) is 10.3. The van der Waals surface area contributed by atoms with Gasteiger partial charge in [-0.3, -0.25) is 9.59 Å². The van der Waals surface area contributed by atoms with Crippen LogP contribution in [0.25, 0.3) is 0 Å². The van der Waals surface area contributed by atoms with Crippen molar-refractivity contribution in [3.63, 3.8) is 0 Å². The third-order valence-corrected chi connectivity index (χ3v) is 5.36. The molecular weight excluding hydrogens is 434 g/mol. The molecule has 2 unspecified atom stereocenters. The monoisotopic (exact) mass is 459 g/mol. The molecule has 31 heavy (non-hydrogen) atoms. The number of β-lactam (4-membered cyclic amide) rings is 1. The smallest absolute Gasteiger partial charge is 0.445 e. The van der Waals surface area contributed by atoms with E-state index in [1.807, 2.05) is 0 Å². The van der Waals surface area contributed by atoms with Gasteiger partial charge in [0, 0.05) is 26.6 Å². The fourth-order valence-corrected chi connectivity index (χ4v) is 4.01. The van der Waals surface area contributed by atoms with Gasteiger partial charge in [0.2, 0.25) is 18.6 Å². The van der Waals surface area contributed by atoms with Gasteiger partial charge in [0.25, 0.3) is 0 Å². The van der Waals surface area contributed by atoms with Crippen LogP contribution in [0, 0.1) is 0 Å². The number of fused-ring (bicyclic) bond motifs is 1. The van der Waals surface area contributed by atoms with Crippen molar-refractivity contribution in [2.24, 2.45) is 0 Å². The van der Waals surface area contributed by atoms with E-state index in [2.05, 4.69) is 5.32 Å². The number of amides is 3. The lowest BCUT2D eigenvalue weighted by atomic mass is 9.98. The third kappa shape index (κ3) is 5.81. The van der Waals surface area contributed by atoms with Crippen molar-refractivity contribution in [2.45, 2.75) is 50.6 Å². The Labute approximate surface area is 183 Å². The Hall–Kier alpha value is -2.96. The van der Waals surface area contributed by atoms with Gasteiger partial charge >= 0.3 is 18.2 Å². The van der Waals surface area contributed by atoms with Crippen LogP contribution in [0.5, 0.6) is 0 Å². The molecule has 3 amide bonds. The second-order valence-electron chi connectivity index (χ2n) is 7.12. The summed E-state index contributed by atoms with van der Waals surface area (Å²) in [6.07, 6.45) is -2.96. The van der Waals surface area contributed by atoms with E-state index in [-0.39, 0.29) is 6.61 Å². The quantitative estimate of drug-likeness (QED) is 0.178. The summed E-state index contributed by atoms with van der Waals surface area (Å²) in [6.45, 7) is 4.31. The number of carbonyl (C=O) groups is 5. The lowest BCUT2D eigenvalue weighted by Gasteiger charge is -2.51. The number of carbonyl (C=O) groups excluding carboxylic acids is 5. The molecule has 13 heteroatoms. The molecule has 1 fully saturated rings. The molecule has 2 aliphatic heterocycles. The maximum atomic E-state index is 12.9. The first kappa shape index (κ1) is 24.3. The predicted octanol–water partition coefficient (Wildman–Crippen LogP) is 0.418. The Balaban J connectivity index is 2.14. The fraction of sp³-hybridized carbons (Fsp3) is 0.611. The molecule has 4 atom stereocenters. The van der Waals surface area contributed by atoms with Crippen molar-refractivity contribution in [2.75, 3.05) is 20.7 Å². The summed E-state index contributed by atoms with van der Waals surface area (Å²) < 4.78 is 20.0. The summed E-state index contributed by atoms with van der Waals surface area (Å²) in [7, 11) is 3.00. The lowest BCUT2D eigenvalue weighted by molar-refractivity contribution is -0.179. The summed E-state index contributed by atoms with van der Waals surface area (Å²) in [5.41, 5.74) is 0.302. The molecule has 2 rings (SSSR count). The summed E-state index contributed by atoms with van der Waals surface area (Å²) in [5.74, 6) is -1.39. The minimum atomic E-state index is -1.29. The lowest BCUT2D eigenvalue weighted by Crippen LogP contribution is -2.73. The molecule has 0 spiro atoms. The Kier molecular flexibility index (Phi) is 8.14. The van der Waals surface area contributed by atoms with E-state index in [0.717, 1.165) is 0 Å². The van der Waals surface area contributed by atoms with Crippen LogP contribution in [0.15, 0.2) is 11.0 Å². The molecule has 0 radical (unpaired) electrons. The molecule has 2 heterocycles. The number of esters is 1. The van der Waals surface area contributed by atoms with Crippen molar-refractivity contribution in [1.82, 2.24) is 15.1 Å². The van der Waals surface area contributed by atoms with Crippen molar-refractivity contribution in [3.05, 3.63) is 11.0 Å². The minimum absolute atomic E-state index is 0.267. The molecule has 0 aromatic heterocycles.